The standard InChI is InChI=1S/C13H17BrN2O2/c1-16(6-9-4-2-3-5-11(9)14)13(17)10-7-18-8-12(10)15/h2-5,10,12H,6-8,15H2,1H3. The summed E-state index contributed by atoms with van der Waals surface area (Å²) in [5, 5.41) is 0. The second-order valence-electron chi connectivity index (χ2n) is 4.59. The van der Waals surface area contributed by atoms with Crippen LogP contribution >= 0.6 is 15.9 Å². The fourth-order valence-corrected chi connectivity index (χ4v) is 2.48. The molecule has 98 valence electrons. The van der Waals surface area contributed by atoms with Gasteiger partial charge in [-0.25, -0.2) is 0 Å². The summed E-state index contributed by atoms with van der Waals surface area (Å²) >= 11 is 3.48. The molecule has 5 heteroatoms. The molecule has 2 rings (SSSR count). The molecule has 1 aliphatic heterocycles. The van der Waals surface area contributed by atoms with E-state index < -0.39 is 0 Å². The van der Waals surface area contributed by atoms with Crippen LogP contribution in [0.5, 0.6) is 0 Å². The highest BCUT2D eigenvalue weighted by molar-refractivity contribution is 9.10. The number of carbonyl (C=O) groups excluding carboxylic acids is 1. The Morgan fingerprint density at radius 3 is 2.83 bits per heavy atom. The number of benzene rings is 1. The number of nitrogens with zero attached hydrogens (tertiary/aromatic N) is 1. The molecule has 1 heterocycles. The van der Waals surface area contributed by atoms with Gasteiger partial charge in [0.15, 0.2) is 0 Å². The van der Waals surface area contributed by atoms with Gasteiger partial charge in [-0.05, 0) is 11.6 Å². The van der Waals surface area contributed by atoms with Gasteiger partial charge in [0.05, 0.1) is 19.1 Å². The maximum Gasteiger partial charge on any atom is 0.229 e. The van der Waals surface area contributed by atoms with Gasteiger partial charge in [-0.2, -0.15) is 0 Å². The predicted octanol–water partition coefficient (Wildman–Crippen LogP) is 1.38. The molecule has 0 aliphatic carbocycles. The summed E-state index contributed by atoms with van der Waals surface area (Å²) in [4.78, 5) is 13.9. The summed E-state index contributed by atoms with van der Waals surface area (Å²) in [6.45, 7) is 1.48. The molecule has 2 N–H and O–H groups in total. The van der Waals surface area contributed by atoms with Gasteiger partial charge >= 0.3 is 0 Å². The zero-order chi connectivity index (χ0) is 13.1. The zero-order valence-corrected chi connectivity index (χ0v) is 11.9. The molecule has 4 nitrogen and oxygen atoms in total. The Kier molecular flexibility index (Phi) is 4.37. The zero-order valence-electron chi connectivity index (χ0n) is 10.3. The minimum atomic E-state index is -0.211. The highest BCUT2D eigenvalue weighted by Gasteiger charge is 2.33. The van der Waals surface area contributed by atoms with E-state index in [4.69, 9.17) is 10.5 Å². The summed E-state index contributed by atoms with van der Waals surface area (Å²) < 4.78 is 6.24. The highest BCUT2D eigenvalue weighted by atomic mass is 79.9. The molecule has 1 aliphatic rings. The molecule has 0 aromatic heterocycles. The molecule has 18 heavy (non-hydrogen) atoms. The largest absolute Gasteiger partial charge is 0.379 e. The van der Waals surface area contributed by atoms with Crippen molar-refractivity contribution in [2.75, 3.05) is 20.3 Å². The summed E-state index contributed by atoms with van der Waals surface area (Å²) in [7, 11) is 1.80. The molecular formula is C13H17BrN2O2. The van der Waals surface area contributed by atoms with Crippen LogP contribution in [0.4, 0.5) is 0 Å². The topological polar surface area (TPSA) is 55.6 Å². The van der Waals surface area contributed by atoms with E-state index >= 15 is 0 Å². The molecule has 1 fully saturated rings. The van der Waals surface area contributed by atoms with Crippen molar-refractivity contribution in [2.24, 2.45) is 11.7 Å². The maximum absolute atomic E-state index is 12.2. The van der Waals surface area contributed by atoms with E-state index in [2.05, 4.69) is 15.9 Å². The van der Waals surface area contributed by atoms with Crippen LogP contribution in [0, 0.1) is 5.92 Å². The molecule has 2 atom stereocenters. The normalized spacial score (nSPS) is 23.1. The van der Waals surface area contributed by atoms with Crippen molar-refractivity contribution in [1.29, 1.82) is 0 Å². The number of halogens is 1. The van der Waals surface area contributed by atoms with Crippen molar-refractivity contribution in [2.45, 2.75) is 12.6 Å². The van der Waals surface area contributed by atoms with Crippen molar-refractivity contribution in [3.8, 4) is 0 Å². The molecule has 0 spiro atoms. The Labute approximate surface area is 115 Å². The van der Waals surface area contributed by atoms with Crippen LogP contribution in [0.25, 0.3) is 0 Å². The van der Waals surface area contributed by atoms with E-state index in [-0.39, 0.29) is 17.9 Å². The summed E-state index contributed by atoms with van der Waals surface area (Å²) in [5.41, 5.74) is 6.94. The molecular weight excluding hydrogens is 296 g/mol. The fourth-order valence-electron chi connectivity index (χ4n) is 2.07. The third kappa shape index (κ3) is 2.91. The monoisotopic (exact) mass is 312 g/mol. The number of carbonyl (C=O) groups is 1. The lowest BCUT2D eigenvalue weighted by atomic mass is 10.0. The van der Waals surface area contributed by atoms with Crippen molar-refractivity contribution >= 4 is 21.8 Å². The molecule has 1 saturated heterocycles. The minimum absolute atomic E-state index is 0.0516. The van der Waals surface area contributed by atoms with E-state index in [0.29, 0.717) is 19.8 Å². The van der Waals surface area contributed by atoms with Gasteiger partial charge < -0.3 is 15.4 Å². The lowest BCUT2D eigenvalue weighted by molar-refractivity contribution is -0.135. The van der Waals surface area contributed by atoms with Crippen molar-refractivity contribution in [1.82, 2.24) is 4.90 Å². The van der Waals surface area contributed by atoms with Crippen LogP contribution in [0.15, 0.2) is 28.7 Å². The third-order valence-electron chi connectivity index (χ3n) is 3.18. The van der Waals surface area contributed by atoms with Gasteiger partial charge in [0, 0.05) is 24.1 Å². The summed E-state index contributed by atoms with van der Waals surface area (Å²) in [6.07, 6.45) is 0. The Hall–Kier alpha value is -0.910. The Morgan fingerprint density at radius 2 is 2.22 bits per heavy atom. The number of ether oxygens (including phenoxy) is 1. The lowest BCUT2D eigenvalue weighted by Gasteiger charge is -2.22. The van der Waals surface area contributed by atoms with Gasteiger partial charge in [-0.1, -0.05) is 34.1 Å². The SMILES string of the molecule is CN(Cc1ccccc1Br)C(=O)C1COCC1N. The Bertz CT molecular complexity index is 439. The van der Waals surface area contributed by atoms with Crippen molar-refractivity contribution < 1.29 is 9.53 Å². The average Bonchev–Trinajstić information content (AvgIpc) is 2.77. The first-order valence-corrected chi connectivity index (χ1v) is 6.70. The third-order valence-corrected chi connectivity index (χ3v) is 3.96. The molecule has 0 radical (unpaired) electrons. The van der Waals surface area contributed by atoms with Crippen LogP contribution in [-0.4, -0.2) is 37.1 Å². The number of nitrogens with two attached hydrogens (primary N) is 1. The van der Waals surface area contributed by atoms with Gasteiger partial charge in [0.25, 0.3) is 0 Å². The quantitative estimate of drug-likeness (QED) is 0.917. The first-order chi connectivity index (χ1) is 8.59. The first kappa shape index (κ1) is 13.5. The number of rotatable bonds is 3. The predicted molar refractivity (Wildman–Crippen MR) is 72.9 cm³/mol. The number of hydrogen-bond acceptors (Lipinski definition) is 3. The van der Waals surface area contributed by atoms with Gasteiger partial charge in [-0.15, -0.1) is 0 Å². The average molecular weight is 313 g/mol. The Balaban J connectivity index is 2.01. The number of amides is 1. The van der Waals surface area contributed by atoms with E-state index in [9.17, 15) is 4.79 Å². The van der Waals surface area contributed by atoms with Crippen LogP contribution in [-0.2, 0) is 16.1 Å². The van der Waals surface area contributed by atoms with E-state index in [0.717, 1.165) is 10.0 Å². The minimum Gasteiger partial charge on any atom is -0.379 e. The molecule has 1 amide bonds. The number of hydrogen-bond donors (Lipinski definition) is 1. The highest BCUT2D eigenvalue weighted by Crippen LogP contribution is 2.20. The van der Waals surface area contributed by atoms with Gasteiger partial charge in [0.2, 0.25) is 5.91 Å². The molecule has 1 aromatic rings. The van der Waals surface area contributed by atoms with E-state index in [1.165, 1.54) is 0 Å². The van der Waals surface area contributed by atoms with Crippen LogP contribution in [0.1, 0.15) is 5.56 Å². The summed E-state index contributed by atoms with van der Waals surface area (Å²) in [5.74, 6) is -0.159. The van der Waals surface area contributed by atoms with E-state index in [1.807, 2.05) is 24.3 Å². The second-order valence-corrected chi connectivity index (χ2v) is 5.45. The van der Waals surface area contributed by atoms with Crippen LogP contribution < -0.4 is 5.73 Å². The second kappa shape index (κ2) is 5.82. The fraction of sp³-hybridized carbons (Fsp3) is 0.462. The first-order valence-electron chi connectivity index (χ1n) is 5.91. The molecule has 1 aromatic carbocycles. The van der Waals surface area contributed by atoms with Crippen molar-refractivity contribution in [3.63, 3.8) is 0 Å². The molecule has 2 unspecified atom stereocenters. The van der Waals surface area contributed by atoms with Crippen LogP contribution in [0.2, 0.25) is 0 Å². The van der Waals surface area contributed by atoms with Gasteiger partial charge in [-0.3, -0.25) is 4.79 Å². The van der Waals surface area contributed by atoms with Crippen molar-refractivity contribution in [3.05, 3.63) is 34.3 Å². The maximum atomic E-state index is 12.2. The lowest BCUT2D eigenvalue weighted by Crippen LogP contribution is -2.41. The molecule has 0 bridgehead atoms. The summed E-state index contributed by atoms with van der Waals surface area (Å²) in [6, 6.07) is 7.70. The van der Waals surface area contributed by atoms with Crippen LogP contribution in [0.3, 0.4) is 0 Å². The van der Waals surface area contributed by atoms with E-state index in [1.54, 1.807) is 11.9 Å². The van der Waals surface area contributed by atoms with Gasteiger partial charge in [0.1, 0.15) is 0 Å². The Morgan fingerprint density at radius 1 is 1.50 bits per heavy atom. The molecule has 0 saturated carbocycles. The smallest absolute Gasteiger partial charge is 0.229 e.